The van der Waals surface area contributed by atoms with Gasteiger partial charge in [0.2, 0.25) is 10.0 Å². The molecule has 0 aromatic heterocycles. The van der Waals surface area contributed by atoms with Crippen LogP contribution in [0.1, 0.15) is 33.6 Å². The highest BCUT2D eigenvalue weighted by atomic mass is 32.2. The number of anilines is 1. The van der Waals surface area contributed by atoms with Gasteiger partial charge in [0.1, 0.15) is 5.75 Å². The van der Waals surface area contributed by atoms with Crippen LogP contribution in [0, 0.1) is 0 Å². The molecule has 9 heteroatoms. The van der Waals surface area contributed by atoms with Crippen LogP contribution in [0.4, 0.5) is 5.69 Å². The van der Waals surface area contributed by atoms with Gasteiger partial charge < -0.3 is 14.8 Å². The molecule has 0 radical (unpaired) electrons. The predicted molar refractivity (Wildman–Crippen MR) is 107 cm³/mol. The lowest BCUT2D eigenvalue weighted by Crippen LogP contribution is -2.28. The Labute approximate surface area is 169 Å². The number of rotatable bonds is 6. The number of hydrogen-bond donors (Lipinski definition) is 1. The van der Waals surface area contributed by atoms with E-state index in [1.807, 2.05) is 0 Å². The van der Waals surface area contributed by atoms with E-state index < -0.39 is 21.9 Å². The molecule has 1 heterocycles. The Hall–Kier alpha value is -2.91. The van der Waals surface area contributed by atoms with Crippen molar-refractivity contribution in [2.24, 2.45) is 0 Å². The van der Waals surface area contributed by atoms with E-state index in [2.05, 4.69) is 10.1 Å². The van der Waals surface area contributed by atoms with Crippen LogP contribution in [-0.4, -0.2) is 51.9 Å². The standard InChI is InChI=1S/C20H22N2O6S/c1-27-18-9-8-16(29(25,26)22-10-3-4-11-22)13-17(18)19(23)21-15-7-5-6-14(12-15)20(24)28-2/h5-9,12-13H,3-4,10-11H2,1-2H3,(H,21,23). The molecule has 0 saturated carbocycles. The fourth-order valence-electron chi connectivity index (χ4n) is 3.14. The number of benzene rings is 2. The Morgan fingerprint density at radius 3 is 2.41 bits per heavy atom. The van der Waals surface area contributed by atoms with Crippen LogP contribution in [0.15, 0.2) is 47.4 Å². The maximum atomic E-state index is 12.8. The largest absolute Gasteiger partial charge is 0.496 e. The van der Waals surface area contributed by atoms with Gasteiger partial charge in [0.25, 0.3) is 5.91 Å². The summed E-state index contributed by atoms with van der Waals surface area (Å²) >= 11 is 0. The highest BCUT2D eigenvalue weighted by molar-refractivity contribution is 7.89. The molecule has 0 bridgehead atoms. The molecule has 0 spiro atoms. The van der Waals surface area contributed by atoms with Crippen LogP contribution in [-0.2, 0) is 14.8 Å². The molecular weight excluding hydrogens is 396 g/mol. The minimum absolute atomic E-state index is 0.0358. The number of carbonyl (C=O) groups is 2. The van der Waals surface area contributed by atoms with Gasteiger partial charge in [-0.2, -0.15) is 4.31 Å². The number of carbonyl (C=O) groups excluding carboxylic acids is 2. The van der Waals surface area contributed by atoms with E-state index in [1.165, 1.54) is 42.8 Å². The van der Waals surface area contributed by atoms with Gasteiger partial charge in [0.15, 0.2) is 0 Å². The van der Waals surface area contributed by atoms with Crippen molar-refractivity contribution in [3.63, 3.8) is 0 Å². The predicted octanol–water partition coefficient (Wildman–Crippen LogP) is 2.52. The average Bonchev–Trinajstić information content (AvgIpc) is 3.28. The first-order valence-electron chi connectivity index (χ1n) is 9.04. The van der Waals surface area contributed by atoms with Crippen molar-refractivity contribution in [3.05, 3.63) is 53.6 Å². The molecule has 1 saturated heterocycles. The van der Waals surface area contributed by atoms with Crippen LogP contribution in [0.3, 0.4) is 0 Å². The van der Waals surface area contributed by atoms with Crippen molar-refractivity contribution in [2.75, 3.05) is 32.6 Å². The summed E-state index contributed by atoms with van der Waals surface area (Å²) in [5.41, 5.74) is 0.728. The number of nitrogens with zero attached hydrogens (tertiary/aromatic N) is 1. The molecule has 0 aliphatic carbocycles. The zero-order chi connectivity index (χ0) is 21.0. The van der Waals surface area contributed by atoms with Gasteiger partial charge in [0, 0.05) is 18.8 Å². The van der Waals surface area contributed by atoms with Crippen LogP contribution in [0.2, 0.25) is 0 Å². The summed E-state index contributed by atoms with van der Waals surface area (Å²) in [6.07, 6.45) is 1.64. The Kier molecular flexibility index (Phi) is 6.19. The second-order valence-corrected chi connectivity index (χ2v) is 8.44. The maximum Gasteiger partial charge on any atom is 0.337 e. The molecule has 2 aromatic carbocycles. The van der Waals surface area contributed by atoms with Crippen molar-refractivity contribution in [1.82, 2.24) is 4.31 Å². The van der Waals surface area contributed by atoms with Gasteiger partial charge in [-0.25, -0.2) is 13.2 Å². The molecule has 0 atom stereocenters. The smallest absolute Gasteiger partial charge is 0.337 e. The molecule has 0 unspecified atom stereocenters. The lowest BCUT2D eigenvalue weighted by Gasteiger charge is -2.17. The molecule has 1 N–H and O–H groups in total. The number of amides is 1. The van der Waals surface area contributed by atoms with Gasteiger partial charge >= 0.3 is 5.97 Å². The van der Waals surface area contributed by atoms with E-state index in [9.17, 15) is 18.0 Å². The molecule has 1 aliphatic heterocycles. The van der Waals surface area contributed by atoms with Crippen LogP contribution >= 0.6 is 0 Å². The van der Waals surface area contributed by atoms with Crippen LogP contribution in [0.5, 0.6) is 5.75 Å². The van der Waals surface area contributed by atoms with E-state index in [1.54, 1.807) is 18.2 Å². The van der Waals surface area contributed by atoms with E-state index >= 15 is 0 Å². The molecule has 8 nitrogen and oxygen atoms in total. The second kappa shape index (κ2) is 8.62. The lowest BCUT2D eigenvalue weighted by molar-refractivity contribution is 0.0600. The fraction of sp³-hybridized carbons (Fsp3) is 0.300. The molecule has 154 valence electrons. The highest BCUT2D eigenvalue weighted by Gasteiger charge is 2.28. The molecule has 29 heavy (non-hydrogen) atoms. The zero-order valence-electron chi connectivity index (χ0n) is 16.2. The number of esters is 1. The number of sulfonamides is 1. The maximum absolute atomic E-state index is 12.8. The van der Waals surface area contributed by atoms with Crippen molar-refractivity contribution < 1.29 is 27.5 Å². The summed E-state index contributed by atoms with van der Waals surface area (Å²) in [5.74, 6) is -0.841. The van der Waals surface area contributed by atoms with Crippen LogP contribution in [0.25, 0.3) is 0 Å². The van der Waals surface area contributed by atoms with Crippen molar-refractivity contribution in [1.29, 1.82) is 0 Å². The summed E-state index contributed by atoms with van der Waals surface area (Å²) in [6, 6.07) is 10.5. The SMILES string of the molecule is COC(=O)c1cccc(NC(=O)c2cc(S(=O)(=O)N3CCCC3)ccc2OC)c1. The molecule has 2 aromatic rings. The van der Waals surface area contributed by atoms with E-state index in [4.69, 9.17) is 4.74 Å². The number of methoxy groups -OCH3 is 2. The first kappa shape index (κ1) is 20.8. The quantitative estimate of drug-likeness (QED) is 0.724. The summed E-state index contributed by atoms with van der Waals surface area (Å²) in [5, 5.41) is 2.67. The first-order chi connectivity index (χ1) is 13.9. The lowest BCUT2D eigenvalue weighted by atomic mass is 10.1. The van der Waals surface area contributed by atoms with Gasteiger partial charge in [0.05, 0.1) is 30.2 Å². The Morgan fingerprint density at radius 2 is 1.76 bits per heavy atom. The number of ether oxygens (including phenoxy) is 2. The average molecular weight is 418 g/mol. The molecule has 3 rings (SSSR count). The Morgan fingerprint density at radius 1 is 1.03 bits per heavy atom. The van der Waals surface area contributed by atoms with E-state index in [0.717, 1.165) is 12.8 Å². The third-order valence-electron chi connectivity index (χ3n) is 4.66. The second-order valence-electron chi connectivity index (χ2n) is 6.50. The molecule has 1 fully saturated rings. The third-order valence-corrected chi connectivity index (χ3v) is 6.55. The minimum Gasteiger partial charge on any atom is -0.496 e. The van der Waals surface area contributed by atoms with E-state index in [0.29, 0.717) is 18.8 Å². The monoisotopic (exact) mass is 418 g/mol. The van der Waals surface area contributed by atoms with Crippen molar-refractivity contribution >= 4 is 27.6 Å². The van der Waals surface area contributed by atoms with Gasteiger partial charge in [-0.3, -0.25) is 4.79 Å². The third kappa shape index (κ3) is 4.41. The normalized spacial score (nSPS) is 14.4. The summed E-state index contributed by atoms with van der Waals surface area (Å²) < 4.78 is 37.0. The summed E-state index contributed by atoms with van der Waals surface area (Å²) in [6.45, 7) is 0.937. The molecule has 1 amide bonds. The fourth-order valence-corrected chi connectivity index (χ4v) is 4.69. The van der Waals surface area contributed by atoms with Crippen molar-refractivity contribution in [2.45, 2.75) is 17.7 Å². The first-order valence-corrected chi connectivity index (χ1v) is 10.5. The van der Waals surface area contributed by atoms with Crippen LogP contribution < -0.4 is 10.1 Å². The zero-order valence-corrected chi connectivity index (χ0v) is 17.0. The van der Waals surface area contributed by atoms with E-state index in [-0.39, 0.29) is 21.8 Å². The molecule has 1 aliphatic rings. The Bertz CT molecular complexity index is 1030. The summed E-state index contributed by atoms with van der Waals surface area (Å²) in [7, 11) is -1.01. The Balaban J connectivity index is 1.91. The topological polar surface area (TPSA) is 102 Å². The number of nitrogens with one attached hydrogen (secondary N) is 1. The molecular formula is C20H22N2O6S. The van der Waals surface area contributed by atoms with Gasteiger partial charge in [-0.05, 0) is 49.2 Å². The summed E-state index contributed by atoms with van der Waals surface area (Å²) in [4.78, 5) is 24.5. The minimum atomic E-state index is -3.68. The number of hydrogen-bond acceptors (Lipinski definition) is 6. The van der Waals surface area contributed by atoms with Gasteiger partial charge in [-0.1, -0.05) is 6.07 Å². The van der Waals surface area contributed by atoms with Crippen molar-refractivity contribution in [3.8, 4) is 5.75 Å². The highest BCUT2D eigenvalue weighted by Crippen LogP contribution is 2.27. The van der Waals surface area contributed by atoms with Gasteiger partial charge in [-0.15, -0.1) is 0 Å².